The minimum atomic E-state index is -0.961. The van der Waals surface area contributed by atoms with Crippen LogP contribution in [0, 0.1) is 0 Å². The Morgan fingerprint density at radius 3 is 2.29 bits per heavy atom. The minimum Gasteiger partial charge on any atom is -0.493 e. The number of ether oxygens (including phenoxy) is 2. The highest BCUT2D eigenvalue weighted by Gasteiger charge is 2.16. The quantitative estimate of drug-likeness (QED) is 0.517. The summed E-state index contributed by atoms with van der Waals surface area (Å²) in [5.74, 6) is -1.55. The maximum atomic E-state index is 12.2. The highest BCUT2D eigenvalue weighted by molar-refractivity contribution is 6.35. The van der Waals surface area contributed by atoms with Crippen LogP contribution < -0.4 is 25.6 Å². The van der Waals surface area contributed by atoms with Gasteiger partial charge in [0.2, 0.25) is 0 Å². The monoisotopic (exact) mass is 385 g/mol. The average Bonchev–Trinajstić information content (AvgIpc) is 2.70. The van der Waals surface area contributed by atoms with Gasteiger partial charge in [-0.1, -0.05) is 30.3 Å². The third-order valence-corrected chi connectivity index (χ3v) is 3.58. The molecule has 0 aliphatic heterocycles. The molecule has 0 radical (unpaired) electrons. The van der Waals surface area contributed by atoms with Gasteiger partial charge in [0.15, 0.2) is 11.5 Å². The maximum absolute atomic E-state index is 12.2. The summed E-state index contributed by atoms with van der Waals surface area (Å²) in [6.45, 7) is 3.79. The van der Waals surface area contributed by atoms with E-state index in [1.165, 1.54) is 19.2 Å². The Morgan fingerprint density at radius 1 is 0.929 bits per heavy atom. The van der Waals surface area contributed by atoms with Gasteiger partial charge in [-0.15, -0.1) is 0 Å². The number of benzene rings is 2. The van der Waals surface area contributed by atoms with Crippen molar-refractivity contribution in [2.45, 2.75) is 26.5 Å². The predicted octanol–water partition coefficient (Wildman–Crippen LogP) is 1.56. The Morgan fingerprint density at radius 2 is 1.64 bits per heavy atom. The van der Waals surface area contributed by atoms with Crippen LogP contribution in [0.5, 0.6) is 11.5 Å². The SMILES string of the molecule is COc1cc(C(=O)NNC(=O)C(=O)NC(C)C)ccc1OCc1ccccc1. The van der Waals surface area contributed by atoms with E-state index in [4.69, 9.17) is 9.47 Å². The van der Waals surface area contributed by atoms with Crippen molar-refractivity contribution in [1.29, 1.82) is 0 Å². The Labute approximate surface area is 163 Å². The van der Waals surface area contributed by atoms with Crippen LogP contribution in [0.3, 0.4) is 0 Å². The first-order valence-electron chi connectivity index (χ1n) is 8.66. The van der Waals surface area contributed by atoms with Gasteiger partial charge in [0.1, 0.15) is 6.61 Å². The minimum absolute atomic E-state index is 0.193. The number of hydrogen-bond donors (Lipinski definition) is 3. The number of amides is 3. The van der Waals surface area contributed by atoms with Gasteiger partial charge in [-0.05, 0) is 37.6 Å². The molecule has 0 bridgehead atoms. The molecule has 3 N–H and O–H groups in total. The van der Waals surface area contributed by atoms with Crippen molar-refractivity contribution in [3.63, 3.8) is 0 Å². The second-order valence-corrected chi connectivity index (χ2v) is 6.18. The Kier molecular flexibility index (Phi) is 7.38. The molecule has 3 amide bonds. The molecular formula is C20H23N3O5. The van der Waals surface area contributed by atoms with Crippen molar-refractivity contribution in [2.24, 2.45) is 0 Å². The van der Waals surface area contributed by atoms with Crippen LogP contribution in [0.2, 0.25) is 0 Å². The van der Waals surface area contributed by atoms with Crippen molar-refractivity contribution in [2.75, 3.05) is 7.11 Å². The van der Waals surface area contributed by atoms with Crippen LogP contribution >= 0.6 is 0 Å². The fraction of sp³-hybridized carbons (Fsp3) is 0.250. The fourth-order valence-corrected chi connectivity index (χ4v) is 2.23. The number of nitrogens with one attached hydrogen (secondary N) is 3. The molecule has 0 aromatic heterocycles. The predicted molar refractivity (Wildman–Crippen MR) is 103 cm³/mol. The first kappa shape index (κ1) is 20.8. The molecule has 8 nitrogen and oxygen atoms in total. The zero-order valence-electron chi connectivity index (χ0n) is 15.9. The second-order valence-electron chi connectivity index (χ2n) is 6.18. The van der Waals surface area contributed by atoms with Gasteiger partial charge in [-0.3, -0.25) is 25.2 Å². The molecule has 28 heavy (non-hydrogen) atoms. The molecule has 0 fully saturated rings. The summed E-state index contributed by atoms with van der Waals surface area (Å²) in [5, 5.41) is 2.42. The van der Waals surface area contributed by atoms with E-state index < -0.39 is 17.7 Å². The van der Waals surface area contributed by atoms with Crippen LogP contribution in [0.1, 0.15) is 29.8 Å². The Balaban J connectivity index is 1.97. The third kappa shape index (κ3) is 6.01. The smallest absolute Gasteiger partial charge is 0.327 e. The van der Waals surface area contributed by atoms with Gasteiger partial charge >= 0.3 is 11.8 Å². The molecule has 0 atom stereocenters. The van der Waals surface area contributed by atoms with Crippen LogP contribution in [-0.4, -0.2) is 30.9 Å². The number of methoxy groups -OCH3 is 1. The van der Waals surface area contributed by atoms with E-state index in [0.717, 1.165) is 5.56 Å². The van der Waals surface area contributed by atoms with E-state index in [9.17, 15) is 14.4 Å². The number of hydrogen-bond acceptors (Lipinski definition) is 5. The molecule has 2 aromatic rings. The molecule has 0 heterocycles. The lowest BCUT2D eigenvalue weighted by Crippen LogP contribution is -2.49. The molecule has 0 spiro atoms. The van der Waals surface area contributed by atoms with Crippen molar-refractivity contribution < 1.29 is 23.9 Å². The molecular weight excluding hydrogens is 362 g/mol. The first-order valence-corrected chi connectivity index (χ1v) is 8.66. The van der Waals surface area contributed by atoms with E-state index in [2.05, 4.69) is 16.2 Å². The van der Waals surface area contributed by atoms with Gasteiger partial charge in [0.05, 0.1) is 7.11 Å². The van der Waals surface area contributed by atoms with E-state index in [1.807, 2.05) is 30.3 Å². The standard InChI is InChI=1S/C20H23N3O5/c1-13(2)21-19(25)20(26)23-22-18(24)15-9-10-16(17(11-15)27-3)28-12-14-7-5-4-6-8-14/h4-11,13H,12H2,1-3H3,(H,21,25)(H,22,24)(H,23,26). The average molecular weight is 385 g/mol. The topological polar surface area (TPSA) is 106 Å². The van der Waals surface area contributed by atoms with Gasteiger partial charge in [-0.25, -0.2) is 0 Å². The van der Waals surface area contributed by atoms with E-state index in [-0.39, 0.29) is 11.6 Å². The summed E-state index contributed by atoms with van der Waals surface area (Å²) in [6, 6.07) is 14.0. The second kappa shape index (κ2) is 9.96. The lowest BCUT2D eigenvalue weighted by atomic mass is 10.2. The van der Waals surface area contributed by atoms with Crippen molar-refractivity contribution in [3.05, 3.63) is 59.7 Å². The third-order valence-electron chi connectivity index (χ3n) is 3.58. The first-order chi connectivity index (χ1) is 13.4. The van der Waals surface area contributed by atoms with Gasteiger partial charge in [-0.2, -0.15) is 0 Å². The van der Waals surface area contributed by atoms with Crippen molar-refractivity contribution >= 4 is 17.7 Å². The molecule has 0 aliphatic rings. The summed E-state index contributed by atoms with van der Waals surface area (Å²) in [6.07, 6.45) is 0. The number of hydrazine groups is 1. The fourth-order valence-electron chi connectivity index (χ4n) is 2.23. The van der Waals surface area contributed by atoms with Gasteiger partial charge in [0.25, 0.3) is 5.91 Å². The molecule has 0 saturated carbocycles. The molecule has 148 valence electrons. The Bertz CT molecular complexity index is 837. The van der Waals surface area contributed by atoms with Crippen LogP contribution in [0.15, 0.2) is 48.5 Å². The van der Waals surface area contributed by atoms with Crippen LogP contribution in [0.4, 0.5) is 0 Å². The van der Waals surface area contributed by atoms with Gasteiger partial charge < -0.3 is 14.8 Å². The highest BCUT2D eigenvalue weighted by Crippen LogP contribution is 2.28. The molecule has 0 aliphatic carbocycles. The van der Waals surface area contributed by atoms with Crippen molar-refractivity contribution in [3.8, 4) is 11.5 Å². The molecule has 2 rings (SSSR count). The Hall–Kier alpha value is -3.55. The lowest BCUT2D eigenvalue weighted by molar-refractivity contribution is -0.139. The summed E-state index contributed by atoms with van der Waals surface area (Å²) in [5.41, 5.74) is 5.47. The summed E-state index contributed by atoms with van der Waals surface area (Å²) >= 11 is 0. The summed E-state index contributed by atoms with van der Waals surface area (Å²) in [4.78, 5) is 35.4. The van der Waals surface area contributed by atoms with E-state index in [1.54, 1.807) is 19.9 Å². The van der Waals surface area contributed by atoms with Crippen LogP contribution in [0.25, 0.3) is 0 Å². The van der Waals surface area contributed by atoms with E-state index in [0.29, 0.717) is 18.1 Å². The number of carbonyl (C=O) groups excluding carboxylic acids is 3. The summed E-state index contributed by atoms with van der Waals surface area (Å²) < 4.78 is 11.0. The normalized spacial score (nSPS) is 10.1. The van der Waals surface area contributed by atoms with Gasteiger partial charge in [0, 0.05) is 11.6 Å². The molecule has 8 heteroatoms. The zero-order chi connectivity index (χ0) is 20.5. The molecule has 0 unspecified atom stereocenters. The lowest BCUT2D eigenvalue weighted by Gasteiger charge is -2.13. The van der Waals surface area contributed by atoms with E-state index >= 15 is 0 Å². The summed E-state index contributed by atoms with van der Waals surface area (Å²) in [7, 11) is 1.46. The zero-order valence-corrected chi connectivity index (χ0v) is 15.9. The number of carbonyl (C=O) groups is 3. The number of rotatable bonds is 6. The van der Waals surface area contributed by atoms with Crippen LogP contribution in [-0.2, 0) is 16.2 Å². The van der Waals surface area contributed by atoms with Crippen molar-refractivity contribution in [1.82, 2.24) is 16.2 Å². The maximum Gasteiger partial charge on any atom is 0.327 e. The molecule has 2 aromatic carbocycles. The highest BCUT2D eigenvalue weighted by atomic mass is 16.5. The molecule has 0 saturated heterocycles. The largest absolute Gasteiger partial charge is 0.493 e.